The van der Waals surface area contributed by atoms with Crippen LogP contribution in [-0.2, 0) is 11.4 Å². The number of carbonyl (C=O) groups is 1. The van der Waals surface area contributed by atoms with Crippen molar-refractivity contribution in [3.63, 3.8) is 0 Å². The van der Waals surface area contributed by atoms with Crippen molar-refractivity contribution >= 4 is 17.9 Å². The number of benzene rings is 2. The van der Waals surface area contributed by atoms with Crippen LogP contribution in [0.5, 0.6) is 5.75 Å². The molecule has 0 aliphatic heterocycles. The highest BCUT2D eigenvalue weighted by Crippen LogP contribution is 2.18. The zero-order valence-electron chi connectivity index (χ0n) is 15.5. The molecule has 4 N–H and O–H groups in total. The highest BCUT2D eigenvalue weighted by Gasteiger charge is 2.06. The fourth-order valence-electron chi connectivity index (χ4n) is 2.33. The summed E-state index contributed by atoms with van der Waals surface area (Å²) in [5.74, 6) is -0.663. The summed E-state index contributed by atoms with van der Waals surface area (Å²) >= 11 is 0. The molecule has 0 saturated carbocycles. The molecule has 0 spiro atoms. The standard InChI is InChI=1S/C19H17FN6O4/c20-14-7-3-1-6-13(14)11-30-15-8-4-2-5-12(15)9-22-24-16(27)10-21-17-18(28)23-19(29)26-25-17/h1-9H,10-11H2,(H,21,25)(H,24,27)(H2,23,26,28,29)/b22-9+. The first kappa shape index (κ1) is 20.5. The molecule has 0 radical (unpaired) electrons. The number of nitrogens with one attached hydrogen (secondary N) is 4. The van der Waals surface area contributed by atoms with Gasteiger partial charge in [-0.3, -0.25) is 14.6 Å². The van der Waals surface area contributed by atoms with Gasteiger partial charge in [-0.15, -0.1) is 5.10 Å². The SMILES string of the molecule is O=C(CNc1n[nH]c(=O)[nH]c1=O)N/N=C/c1ccccc1OCc1ccccc1F. The molecule has 0 aliphatic rings. The van der Waals surface area contributed by atoms with Gasteiger partial charge in [0.15, 0.2) is 0 Å². The van der Waals surface area contributed by atoms with Crippen molar-refractivity contribution in [2.24, 2.45) is 5.10 Å². The Morgan fingerprint density at radius 3 is 2.73 bits per heavy atom. The fourth-order valence-corrected chi connectivity index (χ4v) is 2.33. The van der Waals surface area contributed by atoms with E-state index >= 15 is 0 Å². The van der Waals surface area contributed by atoms with Crippen LogP contribution in [0.25, 0.3) is 0 Å². The summed E-state index contributed by atoms with van der Waals surface area (Å²) in [5.41, 5.74) is 1.76. The van der Waals surface area contributed by atoms with Gasteiger partial charge in [0.05, 0.1) is 12.8 Å². The molecule has 10 nitrogen and oxygen atoms in total. The molecule has 0 bridgehead atoms. The Kier molecular flexibility index (Phi) is 6.66. The van der Waals surface area contributed by atoms with E-state index in [0.717, 1.165) is 0 Å². The number of nitrogens with zero attached hydrogens (tertiary/aromatic N) is 2. The minimum absolute atomic E-state index is 0.0362. The van der Waals surface area contributed by atoms with Crippen molar-refractivity contribution in [2.75, 3.05) is 11.9 Å². The van der Waals surface area contributed by atoms with Crippen LogP contribution in [-0.4, -0.2) is 33.8 Å². The molecule has 11 heteroatoms. The molecule has 30 heavy (non-hydrogen) atoms. The number of rotatable bonds is 8. The number of para-hydroxylation sites is 1. The number of ether oxygens (including phenoxy) is 1. The zero-order chi connectivity index (χ0) is 21.3. The van der Waals surface area contributed by atoms with Gasteiger partial charge < -0.3 is 10.1 Å². The lowest BCUT2D eigenvalue weighted by Gasteiger charge is -2.09. The van der Waals surface area contributed by atoms with E-state index in [4.69, 9.17) is 4.74 Å². The fraction of sp³-hybridized carbons (Fsp3) is 0.105. The highest BCUT2D eigenvalue weighted by atomic mass is 19.1. The quantitative estimate of drug-likeness (QED) is 0.318. The van der Waals surface area contributed by atoms with Gasteiger partial charge in [-0.05, 0) is 18.2 Å². The van der Waals surface area contributed by atoms with E-state index in [9.17, 15) is 18.8 Å². The summed E-state index contributed by atoms with van der Waals surface area (Å²) < 4.78 is 19.4. The lowest BCUT2D eigenvalue weighted by atomic mass is 10.2. The summed E-state index contributed by atoms with van der Waals surface area (Å²) in [6.45, 7) is -0.264. The van der Waals surface area contributed by atoms with Crippen LogP contribution < -0.4 is 26.7 Å². The van der Waals surface area contributed by atoms with E-state index in [-0.39, 0.29) is 24.8 Å². The first-order valence-electron chi connectivity index (χ1n) is 8.73. The molecule has 0 atom stereocenters. The van der Waals surface area contributed by atoms with Crippen molar-refractivity contribution in [3.8, 4) is 5.75 Å². The number of anilines is 1. The second-order valence-electron chi connectivity index (χ2n) is 5.92. The molecule has 1 heterocycles. The van der Waals surface area contributed by atoms with E-state index in [2.05, 4.69) is 20.9 Å². The van der Waals surface area contributed by atoms with Crippen molar-refractivity contribution in [3.05, 3.63) is 86.3 Å². The number of aromatic amines is 2. The minimum atomic E-state index is -0.754. The van der Waals surface area contributed by atoms with Crippen LogP contribution in [0.2, 0.25) is 0 Å². The van der Waals surface area contributed by atoms with Gasteiger partial charge in [-0.25, -0.2) is 19.7 Å². The second kappa shape index (κ2) is 9.78. The monoisotopic (exact) mass is 412 g/mol. The Hall–Kier alpha value is -4.28. The average Bonchev–Trinajstić information content (AvgIpc) is 2.73. The molecule has 0 saturated heterocycles. The molecule has 0 fully saturated rings. The van der Waals surface area contributed by atoms with Gasteiger partial charge in [0.1, 0.15) is 18.2 Å². The molecule has 3 rings (SSSR count). The van der Waals surface area contributed by atoms with Gasteiger partial charge in [-0.1, -0.05) is 30.3 Å². The normalized spacial score (nSPS) is 10.7. The van der Waals surface area contributed by atoms with Gasteiger partial charge in [-0.2, -0.15) is 5.10 Å². The van der Waals surface area contributed by atoms with Gasteiger partial charge in [0, 0.05) is 11.1 Å². The number of amides is 1. The Balaban J connectivity index is 1.55. The van der Waals surface area contributed by atoms with Gasteiger partial charge >= 0.3 is 5.69 Å². The lowest BCUT2D eigenvalue weighted by molar-refractivity contribution is -0.119. The Morgan fingerprint density at radius 1 is 1.17 bits per heavy atom. The predicted molar refractivity (Wildman–Crippen MR) is 107 cm³/mol. The largest absolute Gasteiger partial charge is 0.488 e. The lowest BCUT2D eigenvalue weighted by Crippen LogP contribution is -2.31. The molecule has 1 amide bonds. The van der Waals surface area contributed by atoms with Crippen LogP contribution >= 0.6 is 0 Å². The molecule has 0 unspecified atom stereocenters. The summed E-state index contributed by atoms with van der Waals surface area (Å²) in [6.07, 6.45) is 1.37. The van der Waals surface area contributed by atoms with Crippen LogP contribution in [0, 0.1) is 5.82 Å². The number of carbonyl (C=O) groups excluding carboxylic acids is 1. The molecular formula is C19H17FN6O4. The Morgan fingerprint density at radius 2 is 1.93 bits per heavy atom. The van der Waals surface area contributed by atoms with E-state index < -0.39 is 17.2 Å². The number of hydrogen-bond donors (Lipinski definition) is 4. The summed E-state index contributed by atoms with van der Waals surface area (Å²) in [6, 6.07) is 13.2. The maximum Gasteiger partial charge on any atom is 0.342 e. The number of hydrogen-bond acceptors (Lipinski definition) is 7. The summed E-state index contributed by atoms with van der Waals surface area (Å²) in [7, 11) is 0. The summed E-state index contributed by atoms with van der Waals surface area (Å²) in [4.78, 5) is 36.2. The van der Waals surface area contributed by atoms with E-state index in [1.165, 1.54) is 12.3 Å². The first-order valence-corrected chi connectivity index (χ1v) is 8.73. The maximum atomic E-state index is 13.7. The average molecular weight is 412 g/mol. The zero-order valence-corrected chi connectivity index (χ0v) is 15.5. The van der Waals surface area contributed by atoms with Gasteiger partial charge in [0.25, 0.3) is 11.5 Å². The molecule has 1 aromatic heterocycles. The van der Waals surface area contributed by atoms with Crippen LogP contribution in [0.3, 0.4) is 0 Å². The van der Waals surface area contributed by atoms with Crippen molar-refractivity contribution in [1.82, 2.24) is 20.6 Å². The minimum Gasteiger partial charge on any atom is -0.488 e. The third-order valence-corrected chi connectivity index (χ3v) is 3.78. The third kappa shape index (κ3) is 5.61. The summed E-state index contributed by atoms with van der Waals surface area (Å²) in [5, 5.41) is 11.8. The van der Waals surface area contributed by atoms with E-state index in [1.54, 1.807) is 42.5 Å². The van der Waals surface area contributed by atoms with E-state index in [1.807, 2.05) is 10.1 Å². The van der Waals surface area contributed by atoms with Gasteiger partial charge in [0.2, 0.25) is 5.82 Å². The van der Waals surface area contributed by atoms with Crippen LogP contribution in [0.1, 0.15) is 11.1 Å². The number of aromatic nitrogens is 3. The molecule has 0 aliphatic carbocycles. The van der Waals surface area contributed by atoms with E-state index in [0.29, 0.717) is 16.9 Å². The molecule has 3 aromatic rings. The predicted octanol–water partition coefficient (Wildman–Crippen LogP) is 0.739. The Labute approximate surface area is 168 Å². The molecule has 154 valence electrons. The number of hydrazone groups is 1. The van der Waals surface area contributed by atoms with Crippen molar-refractivity contribution in [1.29, 1.82) is 0 Å². The topological polar surface area (TPSA) is 141 Å². The number of H-pyrrole nitrogens is 2. The smallest absolute Gasteiger partial charge is 0.342 e. The first-order chi connectivity index (χ1) is 14.5. The Bertz CT molecular complexity index is 1170. The highest BCUT2D eigenvalue weighted by molar-refractivity contribution is 5.86. The molecule has 2 aromatic carbocycles. The molecular weight excluding hydrogens is 395 g/mol. The second-order valence-corrected chi connectivity index (χ2v) is 5.92. The van der Waals surface area contributed by atoms with Crippen LogP contribution in [0.15, 0.2) is 63.2 Å². The maximum absolute atomic E-state index is 13.7. The van der Waals surface area contributed by atoms with Crippen molar-refractivity contribution in [2.45, 2.75) is 6.61 Å². The number of halogens is 1. The van der Waals surface area contributed by atoms with Crippen LogP contribution in [0.4, 0.5) is 10.2 Å². The van der Waals surface area contributed by atoms with Crippen molar-refractivity contribution < 1.29 is 13.9 Å². The third-order valence-electron chi connectivity index (χ3n) is 3.78.